The van der Waals surface area contributed by atoms with Crippen LogP contribution in [0.3, 0.4) is 0 Å². The van der Waals surface area contributed by atoms with Crippen LogP contribution in [0.5, 0.6) is 0 Å². The fourth-order valence-corrected chi connectivity index (χ4v) is 3.88. The number of nitrogens with zero attached hydrogens (tertiary/aromatic N) is 2. The third-order valence-corrected chi connectivity index (χ3v) is 5.26. The quantitative estimate of drug-likeness (QED) is 0.651. The van der Waals surface area contributed by atoms with Gasteiger partial charge in [-0.1, -0.05) is 67.9 Å². The van der Waals surface area contributed by atoms with Crippen LogP contribution in [0.15, 0.2) is 54.2 Å². The predicted molar refractivity (Wildman–Crippen MR) is 117 cm³/mol. The molecule has 4 nitrogen and oxygen atoms in total. The average molecular weight is 391 g/mol. The van der Waals surface area contributed by atoms with E-state index >= 15 is 0 Å². The Morgan fingerprint density at radius 1 is 0.966 bits per heavy atom. The molecule has 2 aromatic carbocycles. The van der Waals surface area contributed by atoms with Crippen LogP contribution in [0, 0.1) is 19.8 Å². The van der Waals surface area contributed by atoms with Crippen molar-refractivity contribution in [2.45, 2.75) is 41.2 Å². The molecule has 2 amide bonds. The van der Waals surface area contributed by atoms with E-state index in [4.69, 9.17) is 0 Å². The third-order valence-electron chi connectivity index (χ3n) is 5.26. The predicted octanol–water partition coefficient (Wildman–Crippen LogP) is 4.56. The van der Waals surface area contributed by atoms with Crippen molar-refractivity contribution in [2.75, 3.05) is 13.1 Å². The Morgan fingerprint density at radius 2 is 1.66 bits per heavy atom. The van der Waals surface area contributed by atoms with E-state index < -0.39 is 0 Å². The Bertz CT molecular complexity index is 945. The van der Waals surface area contributed by atoms with Crippen molar-refractivity contribution >= 4 is 17.4 Å². The van der Waals surface area contributed by atoms with E-state index in [1.807, 2.05) is 82.0 Å². The molecule has 0 bridgehead atoms. The van der Waals surface area contributed by atoms with E-state index in [1.165, 1.54) is 4.90 Å². The van der Waals surface area contributed by atoms with E-state index in [0.717, 1.165) is 22.3 Å². The van der Waals surface area contributed by atoms with Crippen molar-refractivity contribution < 1.29 is 9.59 Å². The van der Waals surface area contributed by atoms with Crippen molar-refractivity contribution in [1.82, 2.24) is 9.80 Å². The normalized spacial score (nSPS) is 14.3. The first-order chi connectivity index (χ1) is 13.8. The number of aryl methyl sites for hydroxylation is 2. The van der Waals surface area contributed by atoms with Crippen molar-refractivity contribution in [3.63, 3.8) is 0 Å². The minimum absolute atomic E-state index is 0.183. The zero-order valence-corrected chi connectivity index (χ0v) is 18.0. The summed E-state index contributed by atoms with van der Waals surface area (Å²) in [6.45, 7) is 11.8. The van der Waals surface area contributed by atoms with Crippen LogP contribution in [0.2, 0.25) is 0 Å². The van der Waals surface area contributed by atoms with E-state index in [0.29, 0.717) is 30.9 Å². The van der Waals surface area contributed by atoms with Crippen LogP contribution in [-0.4, -0.2) is 34.7 Å². The third kappa shape index (κ3) is 4.26. The molecular weight excluding hydrogens is 360 g/mol. The Kier molecular flexibility index (Phi) is 6.21. The number of imide groups is 1. The van der Waals surface area contributed by atoms with Gasteiger partial charge in [0.1, 0.15) is 5.70 Å². The molecule has 0 saturated heterocycles. The molecule has 0 aromatic heterocycles. The zero-order chi connectivity index (χ0) is 21.1. The highest BCUT2D eigenvalue weighted by Crippen LogP contribution is 2.34. The van der Waals surface area contributed by atoms with Crippen LogP contribution < -0.4 is 0 Å². The summed E-state index contributed by atoms with van der Waals surface area (Å²) in [5.74, 6) is -0.152. The Morgan fingerprint density at radius 3 is 2.24 bits per heavy atom. The lowest BCUT2D eigenvalue weighted by molar-refractivity contribution is -0.138. The van der Waals surface area contributed by atoms with Crippen LogP contribution in [0.4, 0.5) is 0 Å². The summed E-state index contributed by atoms with van der Waals surface area (Å²) in [5.41, 5.74) is 5.17. The molecular formula is C25H30N2O2. The SMILES string of the molecule is CCN(Cc1ccccc1)C1=C(c2ccc(C)cc2C)C(=O)N(CC(C)C)C1=O. The number of hydrogen-bond donors (Lipinski definition) is 0. The number of likely N-dealkylation sites (N-methyl/N-ethyl adjacent to an activating group) is 1. The summed E-state index contributed by atoms with van der Waals surface area (Å²) in [4.78, 5) is 30.3. The highest BCUT2D eigenvalue weighted by atomic mass is 16.2. The zero-order valence-electron chi connectivity index (χ0n) is 18.0. The van der Waals surface area contributed by atoms with Crippen LogP contribution in [0.25, 0.3) is 5.57 Å². The molecule has 3 rings (SSSR count). The van der Waals surface area contributed by atoms with Gasteiger partial charge in [0.05, 0.1) is 5.57 Å². The molecule has 0 spiro atoms. The fourth-order valence-electron chi connectivity index (χ4n) is 3.88. The number of rotatable bonds is 7. The minimum atomic E-state index is -0.184. The highest BCUT2D eigenvalue weighted by molar-refractivity contribution is 6.35. The van der Waals surface area contributed by atoms with Gasteiger partial charge in [0.15, 0.2) is 0 Å². The summed E-state index contributed by atoms with van der Waals surface area (Å²) >= 11 is 0. The van der Waals surface area contributed by atoms with Crippen LogP contribution in [0.1, 0.15) is 43.0 Å². The topological polar surface area (TPSA) is 40.6 Å². The second-order valence-corrected chi connectivity index (χ2v) is 8.16. The molecule has 1 heterocycles. The van der Waals surface area contributed by atoms with Gasteiger partial charge in [0.25, 0.3) is 11.8 Å². The molecule has 0 saturated carbocycles. The molecule has 152 valence electrons. The lowest BCUT2D eigenvalue weighted by Crippen LogP contribution is -2.37. The summed E-state index contributed by atoms with van der Waals surface area (Å²) in [6.07, 6.45) is 0. The number of amides is 2. The van der Waals surface area contributed by atoms with Gasteiger partial charge in [-0.15, -0.1) is 0 Å². The number of carbonyl (C=O) groups is 2. The van der Waals surface area contributed by atoms with E-state index in [-0.39, 0.29) is 17.7 Å². The monoisotopic (exact) mass is 390 g/mol. The average Bonchev–Trinajstić information content (AvgIpc) is 2.91. The highest BCUT2D eigenvalue weighted by Gasteiger charge is 2.41. The Hall–Kier alpha value is -2.88. The largest absolute Gasteiger partial charge is 0.362 e. The number of benzene rings is 2. The lowest BCUT2D eigenvalue weighted by atomic mass is 9.97. The van der Waals surface area contributed by atoms with Crippen molar-refractivity contribution in [3.05, 3.63) is 76.5 Å². The molecule has 2 aromatic rings. The summed E-state index contributed by atoms with van der Waals surface area (Å²) in [6, 6.07) is 16.1. The lowest BCUT2D eigenvalue weighted by Gasteiger charge is -2.25. The number of carbonyl (C=O) groups excluding carboxylic acids is 2. The van der Waals surface area contributed by atoms with Gasteiger partial charge in [0, 0.05) is 19.6 Å². The van der Waals surface area contributed by atoms with Gasteiger partial charge in [-0.05, 0) is 43.4 Å². The summed E-state index contributed by atoms with van der Waals surface area (Å²) in [7, 11) is 0. The molecule has 29 heavy (non-hydrogen) atoms. The second-order valence-electron chi connectivity index (χ2n) is 8.16. The second kappa shape index (κ2) is 8.64. The van der Waals surface area contributed by atoms with Crippen LogP contribution in [-0.2, 0) is 16.1 Å². The van der Waals surface area contributed by atoms with Gasteiger partial charge >= 0.3 is 0 Å². The molecule has 0 unspecified atom stereocenters. The van der Waals surface area contributed by atoms with Gasteiger partial charge in [-0.3, -0.25) is 14.5 Å². The first-order valence-electron chi connectivity index (χ1n) is 10.3. The Balaban J connectivity index is 2.12. The molecule has 0 fully saturated rings. The van der Waals surface area contributed by atoms with Gasteiger partial charge < -0.3 is 4.90 Å². The van der Waals surface area contributed by atoms with Gasteiger partial charge in [-0.2, -0.15) is 0 Å². The first-order valence-corrected chi connectivity index (χ1v) is 10.3. The first kappa shape index (κ1) is 20.8. The molecule has 0 aliphatic carbocycles. The van der Waals surface area contributed by atoms with E-state index in [2.05, 4.69) is 6.07 Å². The van der Waals surface area contributed by atoms with Crippen molar-refractivity contribution in [1.29, 1.82) is 0 Å². The maximum absolute atomic E-state index is 13.4. The van der Waals surface area contributed by atoms with E-state index in [9.17, 15) is 9.59 Å². The number of hydrogen-bond acceptors (Lipinski definition) is 3. The minimum Gasteiger partial charge on any atom is -0.362 e. The molecule has 0 radical (unpaired) electrons. The molecule has 0 atom stereocenters. The standard InChI is InChI=1S/C25H30N2O2/c1-6-26(16-20-10-8-7-9-11-20)23-22(21-13-12-18(4)14-19(21)5)24(28)27(25(23)29)15-17(2)3/h7-14,17H,6,15-16H2,1-5H3. The van der Waals surface area contributed by atoms with Crippen molar-refractivity contribution in [2.24, 2.45) is 5.92 Å². The van der Waals surface area contributed by atoms with E-state index in [1.54, 1.807) is 0 Å². The van der Waals surface area contributed by atoms with Gasteiger partial charge in [0.2, 0.25) is 0 Å². The molecule has 1 aliphatic rings. The maximum atomic E-state index is 13.4. The Labute approximate surface area is 173 Å². The molecule has 1 aliphatic heterocycles. The molecule has 0 N–H and O–H groups in total. The fraction of sp³-hybridized carbons (Fsp3) is 0.360. The summed E-state index contributed by atoms with van der Waals surface area (Å²) < 4.78 is 0. The maximum Gasteiger partial charge on any atom is 0.277 e. The molecule has 4 heteroatoms. The van der Waals surface area contributed by atoms with Crippen LogP contribution >= 0.6 is 0 Å². The van der Waals surface area contributed by atoms with Crippen molar-refractivity contribution in [3.8, 4) is 0 Å². The summed E-state index contributed by atoms with van der Waals surface area (Å²) in [5, 5.41) is 0. The van der Waals surface area contributed by atoms with Gasteiger partial charge in [-0.25, -0.2) is 0 Å². The smallest absolute Gasteiger partial charge is 0.277 e.